The zero-order valence-corrected chi connectivity index (χ0v) is 13.5. The summed E-state index contributed by atoms with van der Waals surface area (Å²) in [5, 5.41) is 4.46. The summed E-state index contributed by atoms with van der Waals surface area (Å²) in [7, 11) is -3.48. The van der Waals surface area contributed by atoms with Crippen LogP contribution >= 0.6 is 0 Å². The number of nitrogens with zero attached hydrogens (tertiary/aromatic N) is 4. The molecular weight excluding hydrogens is 314 g/mol. The van der Waals surface area contributed by atoms with Gasteiger partial charge in [0.1, 0.15) is 11.7 Å². The van der Waals surface area contributed by atoms with Crippen LogP contribution in [-0.4, -0.2) is 35.1 Å². The van der Waals surface area contributed by atoms with Crippen LogP contribution in [0.3, 0.4) is 0 Å². The Balaban J connectivity index is 1.65. The number of hydrogen-bond donors (Lipinski definition) is 1. The van der Waals surface area contributed by atoms with Gasteiger partial charge >= 0.3 is 0 Å². The lowest BCUT2D eigenvalue weighted by Gasteiger charge is -2.19. The van der Waals surface area contributed by atoms with E-state index in [1.54, 1.807) is 18.2 Å². The monoisotopic (exact) mass is 331 g/mol. The zero-order chi connectivity index (χ0) is 16.0. The molecule has 1 aromatic heterocycles. The van der Waals surface area contributed by atoms with Gasteiger partial charge in [0.2, 0.25) is 0 Å². The molecule has 2 aromatic rings. The number of hydrogen-bond acceptors (Lipinski definition) is 5. The maximum atomic E-state index is 12.1. The average molecular weight is 331 g/mol. The molecule has 0 aliphatic carbocycles. The molecule has 0 fully saturated rings. The van der Waals surface area contributed by atoms with Gasteiger partial charge in [-0.25, -0.2) is 18.1 Å². The van der Waals surface area contributed by atoms with Gasteiger partial charge in [-0.05, 0) is 18.6 Å². The fraction of sp³-hybridized carbons (Fsp3) is 0.400. The summed E-state index contributed by atoms with van der Waals surface area (Å²) in [4.78, 5) is 9.43. The number of nitrogens with one attached hydrogen (secondary N) is 1. The van der Waals surface area contributed by atoms with E-state index in [0.717, 1.165) is 30.9 Å². The molecule has 0 saturated heterocycles. The molecule has 7 nitrogen and oxygen atoms in total. The number of aryl methyl sites for hydroxylation is 2. The molecule has 0 bridgehead atoms. The van der Waals surface area contributed by atoms with Crippen LogP contribution in [0, 0.1) is 0 Å². The van der Waals surface area contributed by atoms with Crippen molar-refractivity contribution in [2.24, 2.45) is 4.99 Å². The first-order valence-corrected chi connectivity index (χ1v) is 9.18. The van der Waals surface area contributed by atoms with E-state index in [1.807, 2.05) is 17.7 Å². The van der Waals surface area contributed by atoms with Gasteiger partial charge in [0.05, 0.1) is 17.5 Å². The molecule has 1 aromatic carbocycles. The van der Waals surface area contributed by atoms with E-state index in [4.69, 9.17) is 0 Å². The molecule has 2 aliphatic rings. The molecule has 4 rings (SSSR count). The van der Waals surface area contributed by atoms with E-state index in [0.29, 0.717) is 22.8 Å². The van der Waals surface area contributed by atoms with Crippen molar-refractivity contribution in [1.82, 2.24) is 19.5 Å². The number of benzene rings is 1. The lowest BCUT2D eigenvalue weighted by molar-refractivity contribution is 0.422. The molecular formula is C15H17N5O2S. The fourth-order valence-corrected chi connectivity index (χ4v) is 4.25. The molecule has 0 saturated carbocycles. The first-order chi connectivity index (χ1) is 11.1. The number of sulfonamides is 1. The second kappa shape index (κ2) is 5.16. The van der Waals surface area contributed by atoms with E-state index < -0.39 is 10.0 Å². The normalized spacial score (nSPS) is 23.3. The minimum absolute atomic E-state index is 0.00207. The maximum Gasteiger partial charge on any atom is 0.263 e. The third-order valence-corrected chi connectivity index (χ3v) is 5.56. The number of fused-ring (bicyclic) bond motifs is 2. The Morgan fingerprint density at radius 3 is 3.04 bits per heavy atom. The summed E-state index contributed by atoms with van der Waals surface area (Å²) in [5.74, 6) is 2.27. The Kier molecular flexibility index (Phi) is 3.22. The highest BCUT2D eigenvalue weighted by Gasteiger charge is 2.31. The molecule has 0 radical (unpaired) electrons. The van der Waals surface area contributed by atoms with Crippen LogP contribution in [-0.2, 0) is 29.4 Å². The lowest BCUT2D eigenvalue weighted by Crippen LogP contribution is -2.29. The lowest BCUT2D eigenvalue weighted by atomic mass is 10.1. The van der Waals surface area contributed by atoms with Gasteiger partial charge in [-0.3, -0.25) is 9.71 Å². The van der Waals surface area contributed by atoms with Crippen molar-refractivity contribution < 1.29 is 8.42 Å². The van der Waals surface area contributed by atoms with Crippen LogP contribution in [0.4, 0.5) is 0 Å². The number of amidine groups is 1. The van der Waals surface area contributed by atoms with Gasteiger partial charge in [-0.2, -0.15) is 5.10 Å². The average Bonchev–Trinajstić information content (AvgIpc) is 3.06. The molecule has 3 heterocycles. The van der Waals surface area contributed by atoms with E-state index in [-0.39, 0.29) is 6.04 Å². The highest BCUT2D eigenvalue weighted by atomic mass is 32.2. The number of rotatable bonds is 2. The van der Waals surface area contributed by atoms with Crippen LogP contribution in [0.1, 0.15) is 30.6 Å². The molecule has 1 atom stereocenters. The van der Waals surface area contributed by atoms with E-state index >= 15 is 0 Å². The Hall–Kier alpha value is -2.22. The van der Waals surface area contributed by atoms with Gasteiger partial charge in [-0.1, -0.05) is 19.1 Å². The van der Waals surface area contributed by atoms with E-state index in [9.17, 15) is 8.42 Å². The second-order valence-electron chi connectivity index (χ2n) is 5.75. The van der Waals surface area contributed by atoms with Crippen LogP contribution < -0.4 is 4.72 Å². The molecule has 8 heteroatoms. The van der Waals surface area contributed by atoms with Crippen molar-refractivity contribution in [3.63, 3.8) is 0 Å². The van der Waals surface area contributed by atoms with Gasteiger partial charge in [0.15, 0.2) is 5.82 Å². The molecule has 2 aliphatic heterocycles. The maximum absolute atomic E-state index is 12.1. The van der Waals surface area contributed by atoms with Crippen molar-refractivity contribution in [3.05, 3.63) is 41.5 Å². The van der Waals surface area contributed by atoms with Crippen LogP contribution in [0.5, 0.6) is 0 Å². The van der Waals surface area contributed by atoms with Crippen LogP contribution in [0.15, 0.2) is 34.2 Å². The smallest absolute Gasteiger partial charge is 0.263 e. The van der Waals surface area contributed by atoms with Gasteiger partial charge in [0.25, 0.3) is 10.0 Å². The minimum atomic E-state index is -3.48. The summed E-state index contributed by atoms with van der Waals surface area (Å²) in [6, 6.07) is 6.92. The Labute approximate surface area is 134 Å². The summed E-state index contributed by atoms with van der Waals surface area (Å²) >= 11 is 0. The quantitative estimate of drug-likeness (QED) is 0.885. The Bertz CT molecular complexity index is 900. The topological polar surface area (TPSA) is 89.2 Å². The van der Waals surface area contributed by atoms with Crippen molar-refractivity contribution >= 4 is 15.9 Å². The van der Waals surface area contributed by atoms with E-state index in [2.05, 4.69) is 19.8 Å². The van der Waals surface area contributed by atoms with Gasteiger partial charge in [0, 0.05) is 18.4 Å². The van der Waals surface area contributed by atoms with Crippen LogP contribution in [0.2, 0.25) is 0 Å². The van der Waals surface area contributed by atoms with Gasteiger partial charge < -0.3 is 0 Å². The second-order valence-corrected chi connectivity index (χ2v) is 7.40. The largest absolute Gasteiger partial charge is 0.263 e. The molecule has 0 amide bonds. The predicted molar refractivity (Wildman–Crippen MR) is 84.8 cm³/mol. The molecule has 23 heavy (non-hydrogen) atoms. The predicted octanol–water partition coefficient (Wildman–Crippen LogP) is 0.894. The fourth-order valence-electron chi connectivity index (χ4n) is 3.01. The highest BCUT2D eigenvalue weighted by molar-refractivity contribution is 7.90. The van der Waals surface area contributed by atoms with Crippen molar-refractivity contribution in [3.8, 4) is 0 Å². The number of aromatic nitrogens is 3. The molecule has 0 spiro atoms. The summed E-state index contributed by atoms with van der Waals surface area (Å²) in [6.45, 7) is 2.67. The third kappa shape index (κ3) is 2.42. The highest BCUT2D eigenvalue weighted by Crippen LogP contribution is 2.24. The summed E-state index contributed by atoms with van der Waals surface area (Å²) in [5.41, 5.74) is 0.645. The molecule has 1 N–H and O–H groups in total. The van der Waals surface area contributed by atoms with E-state index in [1.165, 1.54) is 0 Å². The van der Waals surface area contributed by atoms with Gasteiger partial charge in [-0.15, -0.1) is 0 Å². The van der Waals surface area contributed by atoms with Crippen molar-refractivity contribution in [1.29, 1.82) is 0 Å². The standard InChI is InChI=1S/C15H17N5O2S/c1-2-13-17-14-8-7-10(9-20(14)18-13)16-15-11-5-3-4-6-12(11)23(21,22)19-15/h3-6,10H,2,7-9H2,1H3,(H,16,19). The zero-order valence-electron chi connectivity index (χ0n) is 12.7. The number of aliphatic imine (C=N–C) groups is 1. The third-order valence-electron chi connectivity index (χ3n) is 4.17. The molecule has 1 unspecified atom stereocenters. The van der Waals surface area contributed by atoms with Crippen molar-refractivity contribution in [2.75, 3.05) is 0 Å². The molecule has 120 valence electrons. The van der Waals surface area contributed by atoms with Crippen molar-refractivity contribution in [2.45, 2.75) is 43.7 Å². The first-order valence-electron chi connectivity index (χ1n) is 7.69. The Morgan fingerprint density at radius 2 is 2.22 bits per heavy atom. The summed E-state index contributed by atoms with van der Waals surface area (Å²) < 4.78 is 28.7. The first kappa shape index (κ1) is 14.4. The van der Waals surface area contributed by atoms with Crippen LogP contribution in [0.25, 0.3) is 0 Å². The SMILES string of the molecule is CCc1nc2n(n1)CC(N=C1NS(=O)(=O)c3ccccc31)CC2. The minimum Gasteiger partial charge on any atom is -0.263 e. The Morgan fingerprint density at radius 1 is 1.39 bits per heavy atom. The summed E-state index contributed by atoms with van der Waals surface area (Å²) in [6.07, 6.45) is 2.46.